The van der Waals surface area contributed by atoms with Crippen molar-refractivity contribution in [2.45, 2.75) is 44.0 Å². The Bertz CT molecular complexity index is 151. The van der Waals surface area contributed by atoms with Crippen LogP contribution < -0.4 is 0 Å². The van der Waals surface area contributed by atoms with Gasteiger partial charge < -0.3 is 20.4 Å². The summed E-state index contributed by atoms with van der Waals surface area (Å²) in [5, 5.41) is 36.7. The summed E-state index contributed by atoms with van der Waals surface area (Å²) in [5.74, 6) is 0.0190. The van der Waals surface area contributed by atoms with Gasteiger partial charge >= 0.3 is 0 Å². The predicted molar refractivity (Wildman–Crippen MR) is 47.1 cm³/mol. The van der Waals surface area contributed by atoms with Gasteiger partial charge in [-0.25, -0.2) is 0 Å². The number of aliphatic hydroxyl groups excluding tert-OH is 4. The maximum Gasteiger partial charge on any atom is 0.0802 e. The third kappa shape index (κ3) is 2.91. The van der Waals surface area contributed by atoms with Crippen molar-refractivity contribution in [2.24, 2.45) is 5.92 Å². The van der Waals surface area contributed by atoms with Gasteiger partial charge in [0.2, 0.25) is 0 Å². The largest absolute Gasteiger partial charge is 0.396 e. The molecule has 0 aromatic carbocycles. The normalized spacial score (nSPS) is 37.4. The molecule has 1 fully saturated rings. The van der Waals surface area contributed by atoms with E-state index in [1.54, 1.807) is 0 Å². The molecule has 0 radical (unpaired) electrons. The molecule has 4 N–H and O–H groups in total. The molecule has 1 saturated carbocycles. The molecule has 4 unspecified atom stereocenters. The average molecular weight is 190 g/mol. The first-order valence-corrected chi connectivity index (χ1v) is 4.80. The lowest BCUT2D eigenvalue weighted by atomic mass is 9.81. The standard InChI is InChI=1S/C9H18O4/c10-4-3-7(11)6-1-2-8(12)9(13)5-6/h6-13H,1-5H2. The van der Waals surface area contributed by atoms with E-state index in [0.29, 0.717) is 19.3 Å². The molecule has 0 bridgehead atoms. The molecule has 0 saturated heterocycles. The molecule has 4 atom stereocenters. The second-order valence-electron chi connectivity index (χ2n) is 3.79. The Labute approximate surface area is 77.8 Å². The first-order valence-electron chi connectivity index (χ1n) is 4.80. The fourth-order valence-corrected chi connectivity index (χ4v) is 1.88. The van der Waals surface area contributed by atoms with E-state index in [-0.39, 0.29) is 12.5 Å². The van der Waals surface area contributed by atoms with E-state index >= 15 is 0 Å². The Kier molecular flexibility index (Phi) is 4.12. The molecule has 0 aliphatic heterocycles. The summed E-state index contributed by atoms with van der Waals surface area (Å²) in [5.41, 5.74) is 0. The highest BCUT2D eigenvalue weighted by Crippen LogP contribution is 2.28. The monoisotopic (exact) mass is 190 g/mol. The van der Waals surface area contributed by atoms with Crippen molar-refractivity contribution in [2.75, 3.05) is 6.61 Å². The molecule has 4 heteroatoms. The summed E-state index contributed by atoms with van der Waals surface area (Å²) >= 11 is 0. The van der Waals surface area contributed by atoms with E-state index < -0.39 is 18.3 Å². The third-order valence-electron chi connectivity index (χ3n) is 2.79. The second kappa shape index (κ2) is 4.91. The first kappa shape index (κ1) is 10.9. The zero-order valence-electron chi connectivity index (χ0n) is 7.63. The summed E-state index contributed by atoms with van der Waals surface area (Å²) in [6.45, 7) is -0.0314. The fraction of sp³-hybridized carbons (Fsp3) is 1.00. The summed E-state index contributed by atoms with van der Waals surface area (Å²) in [6, 6.07) is 0. The van der Waals surface area contributed by atoms with Crippen LogP contribution in [0.1, 0.15) is 25.7 Å². The van der Waals surface area contributed by atoms with Gasteiger partial charge in [-0.05, 0) is 31.6 Å². The van der Waals surface area contributed by atoms with Gasteiger partial charge in [0.15, 0.2) is 0 Å². The van der Waals surface area contributed by atoms with Gasteiger partial charge in [0.1, 0.15) is 0 Å². The van der Waals surface area contributed by atoms with Crippen molar-refractivity contribution < 1.29 is 20.4 Å². The van der Waals surface area contributed by atoms with Crippen LogP contribution in [-0.4, -0.2) is 45.3 Å². The molecule has 1 rings (SSSR count). The maximum absolute atomic E-state index is 9.53. The quantitative estimate of drug-likeness (QED) is 0.472. The summed E-state index contributed by atoms with van der Waals surface area (Å²) in [4.78, 5) is 0. The molecular weight excluding hydrogens is 172 g/mol. The first-order chi connectivity index (χ1) is 6.15. The van der Waals surface area contributed by atoms with Crippen molar-refractivity contribution in [3.63, 3.8) is 0 Å². The summed E-state index contributed by atoms with van der Waals surface area (Å²) in [6.07, 6.45) is 0.139. The van der Waals surface area contributed by atoms with Crippen LogP contribution in [0.3, 0.4) is 0 Å². The number of hydrogen-bond donors (Lipinski definition) is 4. The van der Waals surface area contributed by atoms with Gasteiger partial charge in [0, 0.05) is 6.61 Å². The lowest BCUT2D eigenvalue weighted by Gasteiger charge is -2.32. The van der Waals surface area contributed by atoms with Crippen molar-refractivity contribution in [3.05, 3.63) is 0 Å². The van der Waals surface area contributed by atoms with Crippen molar-refractivity contribution in [3.8, 4) is 0 Å². The molecule has 13 heavy (non-hydrogen) atoms. The van der Waals surface area contributed by atoms with E-state index in [1.165, 1.54) is 0 Å². The smallest absolute Gasteiger partial charge is 0.0802 e. The highest BCUT2D eigenvalue weighted by atomic mass is 16.3. The molecule has 4 nitrogen and oxygen atoms in total. The van der Waals surface area contributed by atoms with Gasteiger partial charge in [0.25, 0.3) is 0 Å². The Hall–Kier alpha value is -0.160. The van der Waals surface area contributed by atoms with Crippen LogP contribution in [0.25, 0.3) is 0 Å². The number of aliphatic hydroxyl groups is 4. The Morgan fingerprint density at radius 2 is 1.85 bits per heavy atom. The van der Waals surface area contributed by atoms with Crippen LogP contribution in [0.4, 0.5) is 0 Å². The van der Waals surface area contributed by atoms with Gasteiger partial charge in [-0.1, -0.05) is 0 Å². The number of hydrogen-bond acceptors (Lipinski definition) is 4. The Balaban J connectivity index is 2.36. The maximum atomic E-state index is 9.53. The lowest BCUT2D eigenvalue weighted by molar-refractivity contribution is -0.0526. The molecule has 0 aromatic heterocycles. The predicted octanol–water partition coefficient (Wildman–Crippen LogP) is -0.748. The van der Waals surface area contributed by atoms with Crippen molar-refractivity contribution >= 4 is 0 Å². The molecule has 0 heterocycles. The molecule has 1 aliphatic carbocycles. The summed E-state index contributed by atoms with van der Waals surface area (Å²) < 4.78 is 0. The Morgan fingerprint density at radius 3 is 2.38 bits per heavy atom. The van der Waals surface area contributed by atoms with Gasteiger partial charge in [0.05, 0.1) is 18.3 Å². The highest BCUT2D eigenvalue weighted by Gasteiger charge is 2.31. The third-order valence-corrected chi connectivity index (χ3v) is 2.79. The van der Waals surface area contributed by atoms with Crippen molar-refractivity contribution in [1.29, 1.82) is 0 Å². The minimum absolute atomic E-state index is 0.0190. The minimum atomic E-state index is -0.716. The zero-order chi connectivity index (χ0) is 9.84. The lowest BCUT2D eigenvalue weighted by Crippen LogP contribution is -2.38. The van der Waals surface area contributed by atoms with Crippen LogP contribution in [0.2, 0.25) is 0 Å². The van der Waals surface area contributed by atoms with E-state index in [1.807, 2.05) is 0 Å². The highest BCUT2D eigenvalue weighted by molar-refractivity contribution is 4.82. The molecular formula is C9H18O4. The van der Waals surface area contributed by atoms with Crippen LogP contribution in [0, 0.1) is 5.92 Å². The fourth-order valence-electron chi connectivity index (χ4n) is 1.88. The van der Waals surface area contributed by atoms with Crippen LogP contribution in [-0.2, 0) is 0 Å². The summed E-state index contributed by atoms with van der Waals surface area (Å²) in [7, 11) is 0. The van der Waals surface area contributed by atoms with E-state index in [2.05, 4.69) is 0 Å². The molecule has 0 aromatic rings. The van der Waals surface area contributed by atoms with E-state index in [9.17, 15) is 15.3 Å². The SMILES string of the molecule is OCCC(O)C1CCC(O)C(O)C1. The molecule has 78 valence electrons. The van der Waals surface area contributed by atoms with E-state index in [4.69, 9.17) is 5.11 Å². The van der Waals surface area contributed by atoms with Crippen molar-refractivity contribution in [1.82, 2.24) is 0 Å². The zero-order valence-corrected chi connectivity index (χ0v) is 7.63. The second-order valence-corrected chi connectivity index (χ2v) is 3.79. The van der Waals surface area contributed by atoms with Crippen LogP contribution >= 0.6 is 0 Å². The minimum Gasteiger partial charge on any atom is -0.396 e. The number of rotatable bonds is 3. The molecule has 1 aliphatic rings. The van der Waals surface area contributed by atoms with Crippen LogP contribution in [0.15, 0.2) is 0 Å². The van der Waals surface area contributed by atoms with Gasteiger partial charge in [-0.2, -0.15) is 0 Å². The molecule has 0 spiro atoms. The Morgan fingerprint density at radius 1 is 1.15 bits per heavy atom. The van der Waals surface area contributed by atoms with Gasteiger partial charge in [-0.15, -0.1) is 0 Å². The average Bonchev–Trinajstić information content (AvgIpc) is 2.10. The topological polar surface area (TPSA) is 80.9 Å². The van der Waals surface area contributed by atoms with Crippen LogP contribution in [0.5, 0.6) is 0 Å². The molecule has 0 amide bonds. The van der Waals surface area contributed by atoms with Gasteiger partial charge in [-0.3, -0.25) is 0 Å². The van der Waals surface area contributed by atoms with E-state index in [0.717, 1.165) is 6.42 Å².